The summed E-state index contributed by atoms with van der Waals surface area (Å²) >= 11 is 0. The Kier molecular flexibility index (Phi) is 7.07. The molecular formula is C26H37N3O5. The van der Waals surface area contributed by atoms with E-state index in [0.29, 0.717) is 36.9 Å². The van der Waals surface area contributed by atoms with Crippen molar-refractivity contribution in [2.24, 2.45) is 0 Å². The van der Waals surface area contributed by atoms with Gasteiger partial charge in [-0.3, -0.25) is 9.59 Å². The van der Waals surface area contributed by atoms with Crippen molar-refractivity contribution in [2.75, 3.05) is 27.4 Å². The summed E-state index contributed by atoms with van der Waals surface area (Å²) in [6.45, 7) is 7.47. The fraction of sp³-hybridized carbons (Fsp3) is 0.615. The molecule has 0 radical (unpaired) electrons. The molecule has 8 nitrogen and oxygen atoms in total. The van der Waals surface area contributed by atoms with Crippen molar-refractivity contribution in [3.8, 4) is 11.5 Å². The number of ether oxygens (including phenoxy) is 3. The molecule has 1 aromatic carbocycles. The number of nitrogens with zero attached hydrogens (tertiary/aromatic N) is 2. The van der Waals surface area contributed by atoms with Crippen molar-refractivity contribution in [3.63, 3.8) is 0 Å². The van der Waals surface area contributed by atoms with Gasteiger partial charge in [0.25, 0.3) is 5.91 Å². The zero-order valence-corrected chi connectivity index (χ0v) is 21.0. The van der Waals surface area contributed by atoms with E-state index in [2.05, 4.69) is 19.2 Å². The van der Waals surface area contributed by atoms with Crippen LogP contribution in [0.5, 0.6) is 11.5 Å². The summed E-state index contributed by atoms with van der Waals surface area (Å²) in [5.41, 5.74) is 0.222. The summed E-state index contributed by atoms with van der Waals surface area (Å²) in [6, 6.07) is 5.60. The van der Waals surface area contributed by atoms with Crippen molar-refractivity contribution in [3.05, 3.63) is 23.9 Å². The summed E-state index contributed by atoms with van der Waals surface area (Å²) in [7, 11) is 3.22. The molecule has 1 fully saturated rings. The second-order valence-electron chi connectivity index (χ2n) is 9.54. The van der Waals surface area contributed by atoms with Crippen molar-refractivity contribution < 1.29 is 23.8 Å². The predicted molar refractivity (Wildman–Crippen MR) is 131 cm³/mol. The molecule has 34 heavy (non-hydrogen) atoms. The first-order chi connectivity index (χ1) is 16.4. The van der Waals surface area contributed by atoms with Crippen LogP contribution in [0.25, 0.3) is 10.9 Å². The third kappa shape index (κ3) is 4.13. The highest BCUT2D eigenvalue weighted by molar-refractivity contribution is 6.06. The fourth-order valence-corrected chi connectivity index (χ4v) is 5.30. The average molecular weight is 472 g/mol. The highest BCUT2D eigenvalue weighted by atomic mass is 16.5. The van der Waals surface area contributed by atoms with Crippen molar-refractivity contribution in [2.45, 2.75) is 77.1 Å². The number of carbonyl (C=O) groups is 2. The van der Waals surface area contributed by atoms with Crippen LogP contribution in [0.1, 0.15) is 63.4 Å². The Hall–Kier alpha value is -2.74. The van der Waals surface area contributed by atoms with E-state index in [1.165, 1.54) is 0 Å². The Labute approximate surface area is 201 Å². The molecule has 0 spiro atoms. The van der Waals surface area contributed by atoms with Gasteiger partial charge in [-0.25, -0.2) is 0 Å². The molecule has 2 aliphatic rings. The maximum atomic E-state index is 14.0. The zero-order valence-electron chi connectivity index (χ0n) is 21.0. The maximum absolute atomic E-state index is 14.0. The van der Waals surface area contributed by atoms with E-state index in [9.17, 15) is 9.59 Å². The largest absolute Gasteiger partial charge is 0.496 e. The van der Waals surface area contributed by atoms with E-state index >= 15 is 0 Å². The van der Waals surface area contributed by atoms with Crippen LogP contribution in [0.4, 0.5) is 0 Å². The number of nitrogens with one attached hydrogen (secondary N) is 1. The molecule has 0 aliphatic carbocycles. The topological polar surface area (TPSA) is 82.0 Å². The lowest BCUT2D eigenvalue weighted by atomic mass is 9.93. The molecule has 2 aromatic rings. The molecule has 186 valence electrons. The summed E-state index contributed by atoms with van der Waals surface area (Å²) in [5.74, 6) is 0.996. The van der Waals surface area contributed by atoms with Gasteiger partial charge in [-0.15, -0.1) is 0 Å². The first-order valence-electron chi connectivity index (χ1n) is 12.4. The third-order valence-electron chi connectivity index (χ3n) is 7.31. The second kappa shape index (κ2) is 9.86. The molecule has 3 atom stereocenters. The smallest absolute Gasteiger partial charge is 0.271 e. The van der Waals surface area contributed by atoms with Crippen LogP contribution in [-0.2, 0) is 16.1 Å². The molecule has 2 amide bonds. The number of methoxy groups -OCH3 is 2. The van der Waals surface area contributed by atoms with E-state index < -0.39 is 5.54 Å². The van der Waals surface area contributed by atoms with E-state index in [-0.39, 0.29) is 24.0 Å². The Morgan fingerprint density at radius 3 is 2.62 bits per heavy atom. The van der Waals surface area contributed by atoms with E-state index in [0.717, 1.165) is 43.0 Å². The molecule has 1 saturated heterocycles. The highest BCUT2D eigenvalue weighted by Crippen LogP contribution is 2.40. The van der Waals surface area contributed by atoms with E-state index in [1.807, 2.05) is 29.7 Å². The highest BCUT2D eigenvalue weighted by Gasteiger charge is 2.49. The van der Waals surface area contributed by atoms with Gasteiger partial charge in [-0.05, 0) is 50.8 Å². The maximum Gasteiger partial charge on any atom is 0.271 e. The fourth-order valence-electron chi connectivity index (χ4n) is 5.30. The summed E-state index contributed by atoms with van der Waals surface area (Å²) in [4.78, 5) is 29.5. The molecule has 0 saturated carbocycles. The van der Waals surface area contributed by atoms with Gasteiger partial charge in [0.1, 0.15) is 22.7 Å². The number of benzene rings is 1. The number of carbonyl (C=O) groups excluding carboxylic acids is 2. The third-order valence-corrected chi connectivity index (χ3v) is 7.31. The van der Waals surface area contributed by atoms with Crippen molar-refractivity contribution in [1.29, 1.82) is 0 Å². The monoisotopic (exact) mass is 471 g/mol. The Bertz CT molecular complexity index is 1060. The summed E-state index contributed by atoms with van der Waals surface area (Å²) in [5, 5.41) is 4.03. The lowest BCUT2D eigenvalue weighted by Gasteiger charge is -2.45. The van der Waals surface area contributed by atoms with Crippen LogP contribution in [-0.4, -0.2) is 66.3 Å². The number of rotatable bonds is 9. The van der Waals surface area contributed by atoms with Gasteiger partial charge in [-0.2, -0.15) is 0 Å². The van der Waals surface area contributed by atoms with Crippen LogP contribution >= 0.6 is 0 Å². The van der Waals surface area contributed by atoms with Gasteiger partial charge in [-0.1, -0.05) is 20.3 Å². The molecule has 1 aromatic heterocycles. The van der Waals surface area contributed by atoms with Gasteiger partial charge in [0, 0.05) is 24.6 Å². The molecular weight excluding hydrogens is 434 g/mol. The van der Waals surface area contributed by atoms with Crippen LogP contribution in [0.3, 0.4) is 0 Å². The Balaban J connectivity index is 1.82. The molecule has 8 heteroatoms. The SMILES string of the molecule is CCCC(CC)NC(=O)C1(C)Cn2c(cc3c(OC)ccc(OC)c32)C(=O)N1CC1CCCO1. The lowest BCUT2D eigenvalue weighted by molar-refractivity contribution is -0.134. The van der Waals surface area contributed by atoms with Crippen LogP contribution in [0.15, 0.2) is 18.2 Å². The molecule has 3 heterocycles. The van der Waals surface area contributed by atoms with Gasteiger partial charge < -0.3 is 29.0 Å². The lowest BCUT2D eigenvalue weighted by Crippen LogP contribution is -2.66. The number of aromatic nitrogens is 1. The first kappa shape index (κ1) is 24.4. The standard InChI is InChI=1S/C26H37N3O5/c1-6-9-17(7-2)27-25(31)26(3)16-28-20(24(30)29(26)15-18-10-8-13-34-18)14-19-21(32-4)11-12-22(33-5)23(19)28/h11-12,14,17-18H,6-10,13,15-16H2,1-5H3,(H,27,31). The molecule has 0 bridgehead atoms. The van der Waals surface area contributed by atoms with E-state index in [4.69, 9.17) is 14.2 Å². The van der Waals surface area contributed by atoms with Crippen molar-refractivity contribution in [1.82, 2.24) is 14.8 Å². The minimum Gasteiger partial charge on any atom is -0.496 e. The quantitative estimate of drug-likeness (QED) is 0.602. The average Bonchev–Trinajstić information content (AvgIpc) is 3.49. The summed E-state index contributed by atoms with van der Waals surface area (Å²) in [6.07, 6.45) is 4.53. The van der Waals surface area contributed by atoms with Gasteiger partial charge in [0.05, 0.1) is 32.4 Å². The molecule has 2 aliphatic heterocycles. The number of amides is 2. The Morgan fingerprint density at radius 1 is 1.26 bits per heavy atom. The minimum atomic E-state index is -1.07. The van der Waals surface area contributed by atoms with Gasteiger partial charge >= 0.3 is 0 Å². The molecule has 3 unspecified atom stereocenters. The second-order valence-corrected chi connectivity index (χ2v) is 9.54. The Morgan fingerprint density at radius 2 is 2.00 bits per heavy atom. The van der Waals surface area contributed by atoms with Gasteiger partial charge in [0.2, 0.25) is 5.91 Å². The van der Waals surface area contributed by atoms with Crippen LogP contribution in [0.2, 0.25) is 0 Å². The van der Waals surface area contributed by atoms with Crippen LogP contribution < -0.4 is 14.8 Å². The molecule has 4 rings (SSSR count). The normalized spacial score (nSPS) is 23.1. The minimum absolute atomic E-state index is 0.0614. The molecule has 1 N–H and O–H groups in total. The van der Waals surface area contributed by atoms with Crippen LogP contribution in [0, 0.1) is 0 Å². The van der Waals surface area contributed by atoms with Gasteiger partial charge in [0.15, 0.2) is 0 Å². The first-order valence-corrected chi connectivity index (χ1v) is 12.4. The zero-order chi connectivity index (χ0) is 24.5. The van der Waals surface area contributed by atoms with Crippen molar-refractivity contribution >= 4 is 22.7 Å². The summed E-state index contributed by atoms with van der Waals surface area (Å²) < 4.78 is 19.0. The number of hydrogen-bond donors (Lipinski definition) is 1. The predicted octanol–water partition coefficient (Wildman–Crippen LogP) is 3.75. The number of hydrogen-bond acceptors (Lipinski definition) is 5. The van der Waals surface area contributed by atoms with E-state index in [1.54, 1.807) is 19.1 Å². The number of fused-ring (bicyclic) bond motifs is 3.